The largest absolute Gasteiger partial charge is 0.357 e. The van der Waals surface area contributed by atoms with Gasteiger partial charge in [-0.25, -0.2) is 0 Å². The Kier molecular flexibility index (Phi) is 11.6. The molecule has 1 aliphatic heterocycles. The summed E-state index contributed by atoms with van der Waals surface area (Å²) >= 11 is 0. The molecule has 1 aromatic carbocycles. The van der Waals surface area contributed by atoms with Gasteiger partial charge in [0.2, 0.25) is 5.91 Å². The first kappa shape index (κ1) is 25.7. The van der Waals surface area contributed by atoms with Crippen LogP contribution >= 0.6 is 24.0 Å². The van der Waals surface area contributed by atoms with Crippen molar-refractivity contribution >= 4 is 41.5 Å². The van der Waals surface area contributed by atoms with Crippen LogP contribution in [0.4, 0.5) is 5.69 Å². The van der Waals surface area contributed by atoms with Gasteiger partial charge in [0.05, 0.1) is 6.54 Å². The highest BCUT2D eigenvalue weighted by atomic mass is 127. The second kappa shape index (κ2) is 13.1. The van der Waals surface area contributed by atoms with Crippen LogP contribution in [-0.2, 0) is 11.2 Å². The van der Waals surface area contributed by atoms with Crippen LogP contribution in [0.25, 0.3) is 0 Å². The summed E-state index contributed by atoms with van der Waals surface area (Å²) < 4.78 is 0. The minimum atomic E-state index is -0.0478. The van der Waals surface area contributed by atoms with Gasteiger partial charge in [0.25, 0.3) is 0 Å². The number of hydrogen-bond donors (Lipinski definition) is 3. The summed E-state index contributed by atoms with van der Waals surface area (Å²) in [5.74, 6) is 0.829. The van der Waals surface area contributed by atoms with E-state index >= 15 is 0 Å². The number of benzene rings is 1. The zero-order valence-electron chi connectivity index (χ0n) is 18.4. The second-order valence-electron chi connectivity index (χ2n) is 8.11. The molecule has 1 aliphatic rings. The van der Waals surface area contributed by atoms with Crippen molar-refractivity contribution in [3.63, 3.8) is 0 Å². The van der Waals surface area contributed by atoms with Gasteiger partial charge < -0.3 is 16.0 Å². The van der Waals surface area contributed by atoms with Crippen LogP contribution in [0.1, 0.15) is 52.5 Å². The fourth-order valence-corrected chi connectivity index (χ4v) is 3.50. The third-order valence-electron chi connectivity index (χ3n) is 5.16. The summed E-state index contributed by atoms with van der Waals surface area (Å²) in [5, 5.41) is 9.58. The lowest BCUT2D eigenvalue weighted by Gasteiger charge is -2.40. The monoisotopic (exact) mass is 515 g/mol. The summed E-state index contributed by atoms with van der Waals surface area (Å²) in [6.07, 6.45) is 4.85. The molecule has 0 aromatic heterocycles. The van der Waals surface area contributed by atoms with Crippen molar-refractivity contribution in [1.29, 1.82) is 0 Å². The van der Waals surface area contributed by atoms with Crippen LogP contribution in [0.5, 0.6) is 0 Å². The summed E-state index contributed by atoms with van der Waals surface area (Å²) in [6, 6.07) is 7.99. The zero-order chi connectivity index (χ0) is 20.4. The Morgan fingerprint density at radius 3 is 2.34 bits per heavy atom. The number of halogens is 1. The third-order valence-corrected chi connectivity index (χ3v) is 5.16. The molecule has 164 valence electrons. The van der Waals surface area contributed by atoms with Gasteiger partial charge in [0.1, 0.15) is 0 Å². The second-order valence-corrected chi connectivity index (χ2v) is 8.11. The molecule has 0 unspecified atom stereocenters. The predicted molar refractivity (Wildman–Crippen MR) is 133 cm³/mol. The Bertz CT molecular complexity index is 639. The molecule has 0 aliphatic carbocycles. The highest BCUT2D eigenvalue weighted by Gasteiger charge is 2.27. The number of piperidine rings is 1. The van der Waals surface area contributed by atoms with Crippen LogP contribution in [0, 0.1) is 0 Å². The average molecular weight is 515 g/mol. The molecule has 0 bridgehead atoms. The van der Waals surface area contributed by atoms with E-state index in [2.05, 4.69) is 53.8 Å². The van der Waals surface area contributed by atoms with Gasteiger partial charge in [-0.15, -0.1) is 24.0 Å². The number of aliphatic imine (C=N–C) groups is 1. The van der Waals surface area contributed by atoms with E-state index in [-0.39, 0.29) is 35.4 Å². The quantitative estimate of drug-likeness (QED) is 0.281. The molecule has 3 N–H and O–H groups in total. The number of likely N-dealkylation sites (tertiary alicyclic amines) is 1. The minimum Gasteiger partial charge on any atom is -0.357 e. The summed E-state index contributed by atoms with van der Waals surface area (Å²) in [7, 11) is 0. The van der Waals surface area contributed by atoms with Gasteiger partial charge in [-0.05, 0) is 70.8 Å². The first-order valence-corrected chi connectivity index (χ1v) is 10.5. The topological polar surface area (TPSA) is 68.8 Å². The molecule has 0 radical (unpaired) electrons. The van der Waals surface area contributed by atoms with E-state index in [1.54, 1.807) is 0 Å². The van der Waals surface area contributed by atoms with E-state index < -0.39 is 0 Å². The lowest BCUT2D eigenvalue weighted by molar-refractivity contribution is -0.114. The van der Waals surface area contributed by atoms with Crippen molar-refractivity contribution in [3.8, 4) is 0 Å². The summed E-state index contributed by atoms with van der Waals surface area (Å²) in [6.45, 7) is 13.0. The molecule has 1 heterocycles. The summed E-state index contributed by atoms with van der Waals surface area (Å²) in [4.78, 5) is 18.5. The Hall–Kier alpha value is -1.35. The van der Waals surface area contributed by atoms with E-state index in [1.807, 2.05) is 12.1 Å². The van der Waals surface area contributed by atoms with Crippen molar-refractivity contribution in [2.45, 2.75) is 58.9 Å². The maximum absolute atomic E-state index is 11.1. The van der Waals surface area contributed by atoms with Crippen molar-refractivity contribution in [2.75, 3.05) is 38.0 Å². The number of anilines is 1. The minimum absolute atomic E-state index is 0. The predicted octanol–water partition coefficient (Wildman–Crippen LogP) is 3.63. The van der Waals surface area contributed by atoms with E-state index in [4.69, 9.17) is 4.99 Å². The Labute approximate surface area is 193 Å². The number of guanidine groups is 1. The van der Waals surface area contributed by atoms with Gasteiger partial charge >= 0.3 is 0 Å². The molecule has 0 saturated carbocycles. The molecule has 0 spiro atoms. The normalized spacial score (nSPS) is 15.4. The third kappa shape index (κ3) is 9.33. The lowest BCUT2D eigenvalue weighted by atomic mass is 9.99. The smallest absolute Gasteiger partial charge is 0.221 e. The number of hydrogen-bond acceptors (Lipinski definition) is 3. The fraction of sp³-hybridized carbons (Fsp3) is 0.636. The van der Waals surface area contributed by atoms with Crippen LogP contribution in [-0.4, -0.2) is 55.0 Å². The highest BCUT2D eigenvalue weighted by molar-refractivity contribution is 14.0. The Balaban J connectivity index is 0.00000420. The Morgan fingerprint density at radius 1 is 1.10 bits per heavy atom. The van der Waals surface area contributed by atoms with E-state index in [9.17, 15) is 4.79 Å². The van der Waals surface area contributed by atoms with E-state index in [0.717, 1.165) is 37.7 Å². The molecule has 29 heavy (non-hydrogen) atoms. The molecule has 1 amide bonds. The lowest BCUT2D eigenvalue weighted by Crippen LogP contribution is -2.49. The molecular weight excluding hydrogens is 477 g/mol. The van der Waals surface area contributed by atoms with Gasteiger partial charge in [0, 0.05) is 31.2 Å². The molecule has 1 aromatic rings. The Morgan fingerprint density at radius 2 is 1.76 bits per heavy atom. The first-order valence-electron chi connectivity index (χ1n) is 10.5. The molecule has 1 saturated heterocycles. The van der Waals surface area contributed by atoms with Crippen molar-refractivity contribution < 1.29 is 4.79 Å². The van der Waals surface area contributed by atoms with Crippen LogP contribution in [0.3, 0.4) is 0 Å². The van der Waals surface area contributed by atoms with Gasteiger partial charge in [-0.2, -0.15) is 0 Å². The average Bonchev–Trinajstić information content (AvgIpc) is 2.68. The molecule has 7 heteroatoms. The molecule has 2 rings (SSSR count). The maximum atomic E-state index is 11.1. The van der Waals surface area contributed by atoms with Gasteiger partial charge in [-0.3, -0.25) is 14.7 Å². The molecule has 0 atom stereocenters. The van der Waals surface area contributed by atoms with Crippen LogP contribution < -0.4 is 16.0 Å². The number of nitrogens with zero attached hydrogens (tertiary/aromatic N) is 2. The molecular formula is C22H38IN5O. The number of rotatable bonds is 8. The number of carbonyl (C=O) groups is 1. The number of nitrogens with one attached hydrogen (secondary N) is 3. The first-order chi connectivity index (χ1) is 13.4. The SMILES string of the molecule is CCNC(=NCC(C)(C)N1CCCCC1)NCCc1ccc(NC(C)=O)cc1.I. The van der Waals surface area contributed by atoms with E-state index in [1.165, 1.54) is 44.8 Å². The van der Waals surface area contributed by atoms with Crippen molar-refractivity contribution in [3.05, 3.63) is 29.8 Å². The number of amides is 1. The molecule has 1 fully saturated rings. The highest BCUT2D eigenvalue weighted by Crippen LogP contribution is 2.20. The zero-order valence-corrected chi connectivity index (χ0v) is 20.7. The van der Waals surface area contributed by atoms with Crippen molar-refractivity contribution in [2.24, 2.45) is 4.99 Å². The molecule has 6 nitrogen and oxygen atoms in total. The maximum Gasteiger partial charge on any atom is 0.221 e. The standard InChI is InChI=1S/C22H37N5O.HI/c1-5-23-21(25-17-22(3,4)27-15-7-6-8-16-27)24-14-13-19-9-11-20(12-10-19)26-18(2)28;/h9-12H,5-8,13-17H2,1-4H3,(H,26,28)(H2,23,24,25);1H. The van der Waals surface area contributed by atoms with Crippen LogP contribution in [0.15, 0.2) is 29.3 Å². The number of carbonyl (C=O) groups excluding carboxylic acids is 1. The van der Waals surface area contributed by atoms with Gasteiger partial charge in [-0.1, -0.05) is 18.6 Å². The van der Waals surface area contributed by atoms with Crippen molar-refractivity contribution in [1.82, 2.24) is 15.5 Å². The van der Waals surface area contributed by atoms with Gasteiger partial charge in [0.15, 0.2) is 5.96 Å². The fourth-order valence-electron chi connectivity index (χ4n) is 3.50. The summed E-state index contributed by atoms with van der Waals surface area (Å²) in [5.41, 5.74) is 2.15. The van der Waals surface area contributed by atoms with E-state index in [0.29, 0.717) is 0 Å². The van der Waals surface area contributed by atoms with Crippen LogP contribution in [0.2, 0.25) is 0 Å².